The van der Waals surface area contributed by atoms with Gasteiger partial charge in [-0.15, -0.1) is 0 Å². The lowest BCUT2D eigenvalue weighted by molar-refractivity contribution is -0.139. The maximum Gasteiger partial charge on any atom is 0.328 e. The van der Waals surface area contributed by atoms with Crippen LogP contribution in [-0.4, -0.2) is 29.5 Å². The summed E-state index contributed by atoms with van der Waals surface area (Å²) >= 11 is 0. The van der Waals surface area contributed by atoms with E-state index in [2.05, 4.69) is 10.3 Å². The molecule has 1 atom stereocenters. The first kappa shape index (κ1) is 11.5. The highest BCUT2D eigenvalue weighted by Gasteiger charge is 2.28. The predicted octanol–water partition coefficient (Wildman–Crippen LogP) is -0.414. The fourth-order valence-corrected chi connectivity index (χ4v) is 1.58. The van der Waals surface area contributed by atoms with Crippen LogP contribution in [0.5, 0.6) is 0 Å². The van der Waals surface area contributed by atoms with E-state index in [9.17, 15) is 9.59 Å². The molecule has 0 unspecified atom stereocenters. The zero-order valence-electron chi connectivity index (χ0n) is 9.18. The maximum absolute atomic E-state index is 11.8. The number of ether oxygens (including phenoxy) is 1. The van der Waals surface area contributed by atoms with E-state index in [4.69, 9.17) is 10.5 Å². The first-order chi connectivity index (χ1) is 8.20. The lowest BCUT2D eigenvalue weighted by atomic mass is 10.2. The second-order valence-electron chi connectivity index (χ2n) is 3.74. The predicted molar refractivity (Wildman–Crippen MR) is 59.0 cm³/mol. The Balaban J connectivity index is 2.06. The summed E-state index contributed by atoms with van der Waals surface area (Å²) in [7, 11) is 0. The first-order valence-electron chi connectivity index (χ1n) is 5.33. The molecular formula is C11H13N3O3. The van der Waals surface area contributed by atoms with Crippen LogP contribution in [0.4, 0.5) is 0 Å². The average molecular weight is 235 g/mol. The van der Waals surface area contributed by atoms with Crippen molar-refractivity contribution < 1.29 is 14.3 Å². The Bertz CT molecular complexity index is 447. The lowest BCUT2D eigenvalue weighted by Gasteiger charge is -2.08. The zero-order valence-corrected chi connectivity index (χ0v) is 9.18. The molecule has 1 aliphatic heterocycles. The van der Waals surface area contributed by atoms with E-state index in [0.29, 0.717) is 19.6 Å². The van der Waals surface area contributed by atoms with Gasteiger partial charge in [0.25, 0.3) is 5.91 Å². The molecule has 3 N–H and O–H groups in total. The number of nitrogens with one attached hydrogen (secondary N) is 1. The van der Waals surface area contributed by atoms with E-state index in [-0.39, 0.29) is 11.6 Å². The fraction of sp³-hybridized carbons (Fsp3) is 0.364. The van der Waals surface area contributed by atoms with E-state index < -0.39 is 12.0 Å². The number of cyclic esters (lactones) is 1. The van der Waals surface area contributed by atoms with E-state index >= 15 is 0 Å². The van der Waals surface area contributed by atoms with E-state index in [1.807, 2.05) is 0 Å². The summed E-state index contributed by atoms with van der Waals surface area (Å²) in [6, 6.07) is 2.78. The summed E-state index contributed by atoms with van der Waals surface area (Å²) in [4.78, 5) is 26.9. The Morgan fingerprint density at radius 1 is 1.65 bits per heavy atom. The zero-order chi connectivity index (χ0) is 12.3. The Morgan fingerprint density at radius 3 is 3.12 bits per heavy atom. The van der Waals surface area contributed by atoms with Gasteiger partial charge in [0.15, 0.2) is 0 Å². The molecule has 90 valence electrons. The van der Waals surface area contributed by atoms with Crippen molar-refractivity contribution in [2.75, 3.05) is 6.61 Å². The number of nitrogens with zero attached hydrogens (tertiary/aromatic N) is 1. The van der Waals surface area contributed by atoms with Crippen molar-refractivity contribution >= 4 is 11.9 Å². The van der Waals surface area contributed by atoms with Gasteiger partial charge in [-0.1, -0.05) is 0 Å². The molecule has 0 aromatic carbocycles. The Labute approximate surface area is 98.2 Å². The van der Waals surface area contributed by atoms with Crippen LogP contribution in [0.25, 0.3) is 0 Å². The van der Waals surface area contributed by atoms with Crippen molar-refractivity contribution in [1.82, 2.24) is 10.3 Å². The molecule has 0 aliphatic carbocycles. The van der Waals surface area contributed by atoms with Gasteiger partial charge in [-0.3, -0.25) is 9.78 Å². The van der Waals surface area contributed by atoms with Gasteiger partial charge in [0.1, 0.15) is 11.7 Å². The SMILES string of the molecule is NCc1ccnc(C(=O)N[C@H]2CCOC2=O)c1. The molecule has 0 spiro atoms. The molecule has 2 rings (SSSR count). The van der Waals surface area contributed by atoms with Crippen LogP contribution in [0.3, 0.4) is 0 Å². The summed E-state index contributed by atoms with van der Waals surface area (Å²) in [5, 5.41) is 2.58. The summed E-state index contributed by atoms with van der Waals surface area (Å²) in [6.07, 6.45) is 2.02. The van der Waals surface area contributed by atoms with Gasteiger partial charge in [-0.05, 0) is 17.7 Å². The molecular weight excluding hydrogens is 222 g/mol. The summed E-state index contributed by atoms with van der Waals surface area (Å²) in [5.74, 6) is -0.780. The molecule has 1 saturated heterocycles. The number of nitrogens with two attached hydrogens (primary N) is 1. The molecule has 1 aromatic heterocycles. The number of amides is 1. The third kappa shape index (κ3) is 2.59. The second kappa shape index (κ2) is 4.92. The van der Waals surface area contributed by atoms with Gasteiger partial charge >= 0.3 is 5.97 Å². The van der Waals surface area contributed by atoms with Crippen molar-refractivity contribution in [1.29, 1.82) is 0 Å². The molecule has 1 amide bonds. The van der Waals surface area contributed by atoms with Crippen molar-refractivity contribution in [2.45, 2.75) is 19.0 Å². The van der Waals surface area contributed by atoms with Crippen molar-refractivity contribution in [3.8, 4) is 0 Å². The molecule has 6 heteroatoms. The molecule has 0 bridgehead atoms. The highest BCUT2D eigenvalue weighted by molar-refractivity contribution is 5.95. The molecule has 0 radical (unpaired) electrons. The van der Waals surface area contributed by atoms with Crippen LogP contribution in [0.1, 0.15) is 22.5 Å². The second-order valence-corrected chi connectivity index (χ2v) is 3.74. The monoisotopic (exact) mass is 235 g/mol. The summed E-state index contributed by atoms with van der Waals surface area (Å²) < 4.78 is 4.75. The molecule has 2 heterocycles. The van der Waals surface area contributed by atoms with Gasteiger partial charge in [-0.2, -0.15) is 0 Å². The molecule has 1 aromatic rings. The Hall–Kier alpha value is -1.95. The minimum absolute atomic E-state index is 0.257. The van der Waals surface area contributed by atoms with Crippen LogP contribution < -0.4 is 11.1 Å². The quantitative estimate of drug-likeness (QED) is 0.694. The first-order valence-corrected chi connectivity index (χ1v) is 5.33. The van der Waals surface area contributed by atoms with Crippen LogP contribution in [0, 0.1) is 0 Å². The number of carbonyl (C=O) groups excluding carboxylic acids is 2. The van der Waals surface area contributed by atoms with E-state index in [1.165, 1.54) is 6.20 Å². The standard InChI is InChI=1S/C11H13N3O3/c12-6-7-1-3-13-9(5-7)10(15)14-8-2-4-17-11(8)16/h1,3,5,8H,2,4,6,12H2,(H,14,15)/t8-/m0/s1. The van der Waals surface area contributed by atoms with Gasteiger partial charge in [0.05, 0.1) is 6.61 Å². The van der Waals surface area contributed by atoms with Crippen LogP contribution in [-0.2, 0) is 16.1 Å². The largest absolute Gasteiger partial charge is 0.464 e. The topological polar surface area (TPSA) is 94.3 Å². The molecule has 17 heavy (non-hydrogen) atoms. The van der Waals surface area contributed by atoms with Gasteiger partial charge in [0, 0.05) is 19.2 Å². The van der Waals surface area contributed by atoms with Gasteiger partial charge in [0.2, 0.25) is 0 Å². The average Bonchev–Trinajstić information content (AvgIpc) is 2.75. The molecule has 1 aliphatic rings. The highest BCUT2D eigenvalue weighted by atomic mass is 16.5. The number of hydrogen-bond donors (Lipinski definition) is 2. The maximum atomic E-state index is 11.8. The van der Waals surface area contributed by atoms with E-state index in [1.54, 1.807) is 12.1 Å². The Morgan fingerprint density at radius 2 is 2.47 bits per heavy atom. The number of aromatic nitrogens is 1. The summed E-state index contributed by atoms with van der Waals surface area (Å²) in [6.45, 7) is 0.689. The third-order valence-corrected chi connectivity index (χ3v) is 2.53. The molecule has 6 nitrogen and oxygen atoms in total. The Kier molecular flexibility index (Phi) is 3.34. The lowest BCUT2D eigenvalue weighted by Crippen LogP contribution is -2.38. The molecule has 0 saturated carbocycles. The van der Waals surface area contributed by atoms with Crippen LogP contribution in [0.2, 0.25) is 0 Å². The van der Waals surface area contributed by atoms with Gasteiger partial charge < -0.3 is 15.8 Å². The van der Waals surface area contributed by atoms with Gasteiger partial charge in [-0.25, -0.2) is 4.79 Å². The fourth-order valence-electron chi connectivity index (χ4n) is 1.58. The van der Waals surface area contributed by atoms with E-state index in [0.717, 1.165) is 5.56 Å². The molecule has 1 fully saturated rings. The number of pyridine rings is 1. The smallest absolute Gasteiger partial charge is 0.328 e. The van der Waals surface area contributed by atoms with Crippen molar-refractivity contribution in [3.63, 3.8) is 0 Å². The summed E-state index contributed by atoms with van der Waals surface area (Å²) in [5.41, 5.74) is 6.55. The number of esters is 1. The minimum Gasteiger partial charge on any atom is -0.464 e. The van der Waals surface area contributed by atoms with Crippen molar-refractivity contribution in [2.24, 2.45) is 5.73 Å². The number of rotatable bonds is 3. The highest BCUT2D eigenvalue weighted by Crippen LogP contribution is 2.07. The normalized spacial score (nSPS) is 18.9. The third-order valence-electron chi connectivity index (χ3n) is 2.53. The number of carbonyl (C=O) groups is 2. The van der Waals surface area contributed by atoms with Crippen LogP contribution >= 0.6 is 0 Å². The van der Waals surface area contributed by atoms with Crippen LogP contribution in [0.15, 0.2) is 18.3 Å². The minimum atomic E-state index is -0.564. The van der Waals surface area contributed by atoms with Crippen molar-refractivity contribution in [3.05, 3.63) is 29.6 Å². The number of hydrogen-bond acceptors (Lipinski definition) is 5.